The lowest BCUT2D eigenvalue weighted by atomic mass is 9.61. The SMILES string of the molecule is C[C@@H]1CC[C@H]2[C@H](C(=O)c3c(O)c(C4(O)C=CC(=O)CC4)c[nH]c3=O)[C@H](C)C=C[C@@H]2C1. The zero-order valence-electron chi connectivity index (χ0n) is 17.4. The minimum atomic E-state index is -1.60. The molecule has 3 N–H and O–H groups in total. The number of Topliss-reactive ketones (excluding diaryl/α,β-unsaturated/α-hetero) is 1. The second-order valence-electron chi connectivity index (χ2n) is 9.36. The van der Waals surface area contributed by atoms with Gasteiger partial charge in [0.05, 0.1) is 0 Å². The fourth-order valence-corrected chi connectivity index (χ4v) is 5.56. The van der Waals surface area contributed by atoms with Crippen molar-refractivity contribution in [2.45, 2.75) is 51.6 Å². The second kappa shape index (κ2) is 7.65. The Kier molecular flexibility index (Phi) is 5.30. The van der Waals surface area contributed by atoms with Gasteiger partial charge in [-0.2, -0.15) is 0 Å². The Hall–Kier alpha value is -2.47. The largest absolute Gasteiger partial charge is 0.507 e. The molecule has 0 radical (unpaired) electrons. The molecule has 1 saturated carbocycles. The molecule has 0 spiro atoms. The Morgan fingerprint density at radius 1 is 1.20 bits per heavy atom. The first kappa shape index (κ1) is 20.8. The van der Waals surface area contributed by atoms with Crippen molar-refractivity contribution < 1.29 is 19.8 Å². The van der Waals surface area contributed by atoms with Crippen molar-refractivity contribution in [2.24, 2.45) is 29.6 Å². The third kappa shape index (κ3) is 3.47. The van der Waals surface area contributed by atoms with Gasteiger partial charge in [0, 0.05) is 24.1 Å². The molecule has 0 saturated heterocycles. The molecule has 0 bridgehead atoms. The topological polar surface area (TPSA) is 107 Å². The minimum Gasteiger partial charge on any atom is -0.507 e. The third-order valence-electron chi connectivity index (χ3n) is 7.29. The summed E-state index contributed by atoms with van der Waals surface area (Å²) in [5.74, 6) is -0.316. The molecule has 1 heterocycles. The number of fused-ring (bicyclic) bond motifs is 1. The first-order chi connectivity index (χ1) is 14.2. The van der Waals surface area contributed by atoms with Gasteiger partial charge in [0.15, 0.2) is 11.6 Å². The molecular weight excluding hydrogens is 382 g/mol. The number of hydrogen-bond donors (Lipinski definition) is 3. The summed E-state index contributed by atoms with van der Waals surface area (Å²) >= 11 is 0. The molecule has 4 rings (SSSR count). The van der Waals surface area contributed by atoms with Crippen LogP contribution in [0.5, 0.6) is 5.75 Å². The van der Waals surface area contributed by atoms with E-state index in [2.05, 4.69) is 24.1 Å². The first-order valence-electron chi connectivity index (χ1n) is 10.8. The van der Waals surface area contributed by atoms with E-state index in [1.54, 1.807) is 0 Å². The summed E-state index contributed by atoms with van der Waals surface area (Å²) in [5.41, 5.74) is -2.47. The average Bonchev–Trinajstić information content (AvgIpc) is 2.70. The number of nitrogens with one attached hydrogen (secondary N) is 1. The Morgan fingerprint density at radius 2 is 1.97 bits per heavy atom. The van der Waals surface area contributed by atoms with Crippen LogP contribution in [0.4, 0.5) is 0 Å². The number of carbonyl (C=O) groups is 2. The fraction of sp³-hybridized carbons (Fsp3) is 0.542. The van der Waals surface area contributed by atoms with Gasteiger partial charge in [-0.05, 0) is 55.1 Å². The number of carbonyl (C=O) groups excluding carboxylic acids is 2. The van der Waals surface area contributed by atoms with Crippen molar-refractivity contribution in [3.63, 3.8) is 0 Å². The van der Waals surface area contributed by atoms with Gasteiger partial charge in [-0.25, -0.2) is 0 Å². The zero-order chi connectivity index (χ0) is 21.6. The van der Waals surface area contributed by atoms with E-state index in [-0.39, 0.29) is 53.3 Å². The van der Waals surface area contributed by atoms with Crippen LogP contribution in [0.1, 0.15) is 61.9 Å². The number of ketones is 2. The lowest BCUT2D eigenvalue weighted by Crippen LogP contribution is -2.41. The van der Waals surface area contributed by atoms with Crippen molar-refractivity contribution >= 4 is 11.6 Å². The number of H-pyrrole nitrogens is 1. The normalized spacial score (nSPS) is 35.8. The van der Waals surface area contributed by atoms with E-state index >= 15 is 0 Å². The van der Waals surface area contributed by atoms with Gasteiger partial charge >= 0.3 is 0 Å². The molecule has 160 valence electrons. The van der Waals surface area contributed by atoms with Gasteiger partial charge in [-0.1, -0.05) is 32.4 Å². The molecular formula is C24H29NO5. The van der Waals surface area contributed by atoms with Crippen molar-refractivity contribution in [3.05, 3.63) is 52.0 Å². The molecule has 1 unspecified atom stereocenters. The summed E-state index contributed by atoms with van der Waals surface area (Å²) < 4.78 is 0. The van der Waals surface area contributed by atoms with E-state index in [0.717, 1.165) is 19.3 Å². The number of aromatic hydroxyl groups is 1. The fourth-order valence-electron chi connectivity index (χ4n) is 5.56. The molecule has 0 amide bonds. The maximum Gasteiger partial charge on any atom is 0.262 e. The number of hydrogen-bond acceptors (Lipinski definition) is 5. The van der Waals surface area contributed by atoms with Crippen LogP contribution in [0, 0.1) is 29.6 Å². The summed E-state index contributed by atoms with van der Waals surface area (Å²) in [6.45, 7) is 4.20. The average molecular weight is 411 g/mol. The van der Waals surface area contributed by atoms with Crippen molar-refractivity contribution in [2.75, 3.05) is 0 Å². The van der Waals surface area contributed by atoms with Gasteiger partial charge in [0.1, 0.15) is 16.9 Å². The molecule has 30 heavy (non-hydrogen) atoms. The lowest BCUT2D eigenvalue weighted by molar-refractivity contribution is -0.116. The van der Waals surface area contributed by atoms with Gasteiger partial charge in [0.2, 0.25) is 0 Å². The zero-order valence-corrected chi connectivity index (χ0v) is 17.4. The molecule has 1 aromatic heterocycles. The van der Waals surface area contributed by atoms with E-state index in [1.165, 1.54) is 18.3 Å². The van der Waals surface area contributed by atoms with Crippen LogP contribution in [0.25, 0.3) is 0 Å². The highest BCUT2D eigenvalue weighted by Crippen LogP contribution is 2.46. The molecule has 1 fully saturated rings. The molecule has 1 aromatic rings. The van der Waals surface area contributed by atoms with Gasteiger partial charge in [0.25, 0.3) is 5.56 Å². The maximum absolute atomic E-state index is 13.6. The number of rotatable bonds is 3. The van der Waals surface area contributed by atoms with Crippen LogP contribution in [-0.4, -0.2) is 26.8 Å². The second-order valence-corrected chi connectivity index (χ2v) is 9.36. The highest BCUT2D eigenvalue weighted by atomic mass is 16.3. The Morgan fingerprint density at radius 3 is 2.67 bits per heavy atom. The van der Waals surface area contributed by atoms with Crippen molar-refractivity contribution in [3.8, 4) is 5.75 Å². The smallest absolute Gasteiger partial charge is 0.262 e. The minimum absolute atomic E-state index is 0.0371. The molecule has 0 aromatic carbocycles. The van der Waals surface area contributed by atoms with Gasteiger partial charge in [-0.3, -0.25) is 14.4 Å². The van der Waals surface area contributed by atoms with Crippen LogP contribution in [0.2, 0.25) is 0 Å². The maximum atomic E-state index is 13.6. The van der Waals surface area contributed by atoms with E-state index < -0.39 is 16.9 Å². The highest BCUT2D eigenvalue weighted by Gasteiger charge is 2.44. The molecule has 6 heteroatoms. The molecule has 0 aliphatic heterocycles. The highest BCUT2D eigenvalue weighted by molar-refractivity contribution is 6.01. The van der Waals surface area contributed by atoms with Crippen molar-refractivity contribution in [1.82, 2.24) is 4.98 Å². The van der Waals surface area contributed by atoms with Gasteiger partial charge in [-0.15, -0.1) is 0 Å². The standard InChI is InChI=1S/C24H29NO5/c1-13-3-6-17-15(11-13)5-4-14(2)19(17)22(28)20-21(27)18(12-25-23(20)29)24(30)9-7-16(26)8-10-24/h4-5,7,9,12-15,17,19,30H,3,6,8,10-11H2,1-2H3,(H2,25,27,29)/t13-,14-,15-,17-,19-,24?/m1/s1. The van der Waals surface area contributed by atoms with Crippen LogP contribution >= 0.6 is 0 Å². The van der Waals surface area contributed by atoms with Crippen LogP contribution in [0.3, 0.4) is 0 Å². The Labute approximate surface area is 175 Å². The van der Waals surface area contributed by atoms with E-state index in [9.17, 15) is 24.6 Å². The van der Waals surface area contributed by atoms with E-state index in [4.69, 9.17) is 0 Å². The van der Waals surface area contributed by atoms with Crippen molar-refractivity contribution in [1.29, 1.82) is 0 Å². The Balaban J connectivity index is 1.74. The number of aromatic amines is 1. The number of aromatic nitrogens is 1. The summed E-state index contributed by atoms with van der Waals surface area (Å²) in [7, 11) is 0. The molecule has 6 nitrogen and oxygen atoms in total. The number of allylic oxidation sites excluding steroid dienone is 3. The van der Waals surface area contributed by atoms with E-state index in [1.807, 2.05) is 6.92 Å². The van der Waals surface area contributed by atoms with Crippen LogP contribution in [-0.2, 0) is 10.4 Å². The lowest BCUT2D eigenvalue weighted by Gasteiger charge is -2.42. The Bertz CT molecular complexity index is 990. The van der Waals surface area contributed by atoms with Gasteiger partial charge < -0.3 is 15.2 Å². The number of pyridine rings is 1. The monoisotopic (exact) mass is 411 g/mol. The predicted molar refractivity (Wildman–Crippen MR) is 112 cm³/mol. The number of aliphatic hydroxyl groups is 1. The van der Waals surface area contributed by atoms with Crippen LogP contribution in [0.15, 0.2) is 35.3 Å². The van der Waals surface area contributed by atoms with Crippen LogP contribution < -0.4 is 5.56 Å². The molecule has 3 aliphatic rings. The summed E-state index contributed by atoms with van der Waals surface area (Å²) in [6.07, 6.45) is 11.3. The first-order valence-corrected chi connectivity index (χ1v) is 10.8. The van der Waals surface area contributed by atoms with E-state index in [0.29, 0.717) is 11.8 Å². The molecule has 6 atom stereocenters. The third-order valence-corrected chi connectivity index (χ3v) is 7.29. The quantitative estimate of drug-likeness (QED) is 0.523. The summed E-state index contributed by atoms with van der Waals surface area (Å²) in [5, 5.41) is 21.9. The summed E-state index contributed by atoms with van der Waals surface area (Å²) in [4.78, 5) is 40.3. The summed E-state index contributed by atoms with van der Waals surface area (Å²) in [6, 6.07) is 0. The molecule has 3 aliphatic carbocycles. The predicted octanol–water partition coefficient (Wildman–Crippen LogP) is 3.24.